The Bertz CT molecular complexity index is 865. The van der Waals surface area contributed by atoms with E-state index in [1.165, 1.54) is 0 Å². The Labute approximate surface area is 148 Å². The summed E-state index contributed by atoms with van der Waals surface area (Å²) in [5.41, 5.74) is 1.21. The van der Waals surface area contributed by atoms with Crippen LogP contribution >= 0.6 is 27.3 Å². The van der Waals surface area contributed by atoms with E-state index >= 15 is 0 Å². The molecule has 0 amide bonds. The number of aromatic nitrogens is 3. The van der Waals surface area contributed by atoms with Crippen molar-refractivity contribution in [3.05, 3.63) is 45.1 Å². The number of pyridine rings is 2. The molecule has 1 unspecified atom stereocenters. The Kier molecular flexibility index (Phi) is 4.73. The number of fused-ring (bicyclic) bond motifs is 1. The Morgan fingerprint density at radius 1 is 1.33 bits per heavy atom. The second kappa shape index (κ2) is 6.64. The third kappa shape index (κ3) is 3.51. The quantitative estimate of drug-likeness (QED) is 0.615. The summed E-state index contributed by atoms with van der Waals surface area (Å²) in [6.45, 7) is 1.89. The maximum atomic E-state index is 12.7. The van der Waals surface area contributed by atoms with Gasteiger partial charge in [0.15, 0.2) is 5.69 Å². The van der Waals surface area contributed by atoms with Gasteiger partial charge >= 0.3 is 6.18 Å². The predicted molar refractivity (Wildman–Crippen MR) is 91.0 cm³/mol. The minimum absolute atomic E-state index is 0.331. The van der Waals surface area contributed by atoms with E-state index in [1.807, 2.05) is 13.0 Å². The van der Waals surface area contributed by atoms with Crippen LogP contribution in [0.25, 0.3) is 11.0 Å². The number of rotatable bonds is 4. The molecule has 0 radical (unpaired) electrons. The molecule has 0 aliphatic heterocycles. The van der Waals surface area contributed by atoms with E-state index in [0.717, 1.165) is 21.2 Å². The molecule has 0 aliphatic carbocycles. The van der Waals surface area contributed by atoms with Gasteiger partial charge in [-0.3, -0.25) is 9.97 Å². The third-order valence-electron chi connectivity index (χ3n) is 3.39. The molecule has 3 aromatic rings. The standard InChI is InChI=1S/C15H12BrF3N4S/c1-2-9(14-23-12(7-24-14)15(17,18)19)22-10-3-4-20-11-5-8(16)6-21-13(10)11/h3-7,9H,2H2,1H3,(H,20,22). The highest BCUT2D eigenvalue weighted by Crippen LogP contribution is 2.34. The fourth-order valence-corrected chi connectivity index (χ4v) is 3.50. The largest absolute Gasteiger partial charge is 0.434 e. The molecular formula is C15H12BrF3N4S. The highest BCUT2D eigenvalue weighted by molar-refractivity contribution is 9.10. The van der Waals surface area contributed by atoms with Crippen LogP contribution in [0.2, 0.25) is 0 Å². The number of thiazole rings is 1. The number of halogens is 4. The topological polar surface area (TPSA) is 50.7 Å². The zero-order valence-corrected chi connectivity index (χ0v) is 14.8. The molecular weight excluding hydrogens is 405 g/mol. The molecule has 0 fully saturated rings. The zero-order chi connectivity index (χ0) is 17.3. The van der Waals surface area contributed by atoms with Gasteiger partial charge in [-0.25, -0.2) is 4.98 Å². The fraction of sp³-hybridized carbons (Fsp3) is 0.267. The summed E-state index contributed by atoms with van der Waals surface area (Å²) < 4.78 is 39.0. The Morgan fingerprint density at radius 2 is 2.12 bits per heavy atom. The molecule has 0 aliphatic rings. The van der Waals surface area contributed by atoms with Crippen LogP contribution in [0.5, 0.6) is 0 Å². The molecule has 0 saturated carbocycles. The van der Waals surface area contributed by atoms with Crippen molar-refractivity contribution in [2.75, 3.05) is 5.32 Å². The van der Waals surface area contributed by atoms with Gasteiger partial charge in [-0.2, -0.15) is 13.2 Å². The summed E-state index contributed by atoms with van der Waals surface area (Å²) >= 11 is 4.34. The van der Waals surface area contributed by atoms with Crippen LogP contribution in [0.1, 0.15) is 30.1 Å². The van der Waals surface area contributed by atoms with Crippen LogP contribution in [-0.2, 0) is 6.18 Å². The van der Waals surface area contributed by atoms with Crippen molar-refractivity contribution in [3.63, 3.8) is 0 Å². The number of hydrogen-bond acceptors (Lipinski definition) is 5. The van der Waals surface area contributed by atoms with Gasteiger partial charge in [0.25, 0.3) is 0 Å². The first-order chi connectivity index (χ1) is 11.4. The molecule has 0 bridgehead atoms. The van der Waals surface area contributed by atoms with Gasteiger partial charge in [-0.15, -0.1) is 11.3 Å². The summed E-state index contributed by atoms with van der Waals surface area (Å²) in [6.07, 6.45) is -0.550. The monoisotopic (exact) mass is 416 g/mol. The smallest absolute Gasteiger partial charge is 0.374 e. The van der Waals surface area contributed by atoms with Gasteiger partial charge in [0.2, 0.25) is 0 Å². The van der Waals surface area contributed by atoms with Crippen molar-refractivity contribution in [1.82, 2.24) is 15.0 Å². The lowest BCUT2D eigenvalue weighted by Crippen LogP contribution is -2.12. The van der Waals surface area contributed by atoms with Gasteiger partial charge in [0, 0.05) is 22.2 Å². The molecule has 0 aromatic carbocycles. The lowest BCUT2D eigenvalue weighted by Gasteiger charge is -2.17. The van der Waals surface area contributed by atoms with Crippen LogP contribution in [0.3, 0.4) is 0 Å². The summed E-state index contributed by atoms with van der Waals surface area (Å²) in [7, 11) is 0. The summed E-state index contributed by atoms with van der Waals surface area (Å²) in [6, 6.07) is 3.26. The zero-order valence-electron chi connectivity index (χ0n) is 12.4. The highest BCUT2D eigenvalue weighted by atomic mass is 79.9. The molecule has 9 heteroatoms. The van der Waals surface area contributed by atoms with Crippen molar-refractivity contribution < 1.29 is 13.2 Å². The SMILES string of the molecule is CCC(Nc1ccnc2cc(Br)cnc12)c1nc(C(F)(F)F)cs1. The van der Waals surface area contributed by atoms with Crippen LogP contribution in [0.4, 0.5) is 18.9 Å². The highest BCUT2D eigenvalue weighted by Gasteiger charge is 2.34. The molecule has 24 heavy (non-hydrogen) atoms. The third-order valence-corrected chi connectivity index (χ3v) is 4.78. The van der Waals surface area contributed by atoms with Crippen LogP contribution in [-0.4, -0.2) is 15.0 Å². The first kappa shape index (κ1) is 17.1. The molecule has 0 saturated heterocycles. The molecule has 3 heterocycles. The van der Waals surface area contributed by atoms with Crippen LogP contribution in [0.15, 0.2) is 34.4 Å². The minimum Gasteiger partial charge on any atom is -0.374 e. The molecule has 1 atom stereocenters. The summed E-state index contributed by atoms with van der Waals surface area (Å²) in [5.74, 6) is 0. The lowest BCUT2D eigenvalue weighted by molar-refractivity contribution is -0.140. The van der Waals surface area contributed by atoms with Crippen molar-refractivity contribution in [2.24, 2.45) is 0 Å². The number of hydrogen-bond donors (Lipinski definition) is 1. The summed E-state index contributed by atoms with van der Waals surface area (Å²) in [5, 5.41) is 4.67. The Morgan fingerprint density at radius 3 is 2.79 bits per heavy atom. The second-order valence-corrected chi connectivity index (χ2v) is 6.86. The summed E-state index contributed by atoms with van der Waals surface area (Å²) in [4.78, 5) is 12.3. The predicted octanol–water partition coefficient (Wildman–Crippen LogP) is 5.43. The van der Waals surface area contributed by atoms with Gasteiger partial charge in [-0.1, -0.05) is 6.92 Å². The van der Waals surface area contributed by atoms with Crippen LogP contribution < -0.4 is 5.32 Å². The lowest BCUT2D eigenvalue weighted by atomic mass is 10.2. The van der Waals surface area contributed by atoms with Gasteiger partial charge in [-0.05, 0) is 34.5 Å². The Hall–Kier alpha value is -1.74. The number of anilines is 1. The average Bonchev–Trinajstić information content (AvgIpc) is 3.02. The average molecular weight is 417 g/mol. The van der Waals surface area contributed by atoms with E-state index in [1.54, 1.807) is 18.5 Å². The minimum atomic E-state index is -4.43. The molecule has 3 aromatic heterocycles. The number of nitrogens with one attached hydrogen (secondary N) is 1. The number of alkyl halides is 3. The maximum Gasteiger partial charge on any atom is 0.434 e. The van der Waals surface area contributed by atoms with E-state index in [9.17, 15) is 13.2 Å². The van der Waals surface area contributed by atoms with Gasteiger partial charge in [0.05, 0.1) is 17.2 Å². The molecule has 0 spiro atoms. The van der Waals surface area contributed by atoms with Gasteiger partial charge < -0.3 is 5.32 Å². The van der Waals surface area contributed by atoms with Crippen LogP contribution in [0, 0.1) is 0 Å². The van der Waals surface area contributed by atoms with Crippen molar-refractivity contribution in [3.8, 4) is 0 Å². The first-order valence-electron chi connectivity index (χ1n) is 7.08. The normalized spacial score (nSPS) is 13.2. The van der Waals surface area contributed by atoms with Gasteiger partial charge in [0.1, 0.15) is 10.5 Å². The second-order valence-electron chi connectivity index (χ2n) is 5.05. The van der Waals surface area contributed by atoms with E-state index in [2.05, 4.69) is 36.2 Å². The van der Waals surface area contributed by atoms with Crippen molar-refractivity contribution in [2.45, 2.75) is 25.6 Å². The van der Waals surface area contributed by atoms with E-state index in [-0.39, 0.29) is 6.04 Å². The van der Waals surface area contributed by atoms with E-state index in [0.29, 0.717) is 28.1 Å². The first-order valence-corrected chi connectivity index (χ1v) is 8.75. The number of nitrogens with zero attached hydrogens (tertiary/aromatic N) is 3. The maximum absolute atomic E-state index is 12.7. The fourth-order valence-electron chi connectivity index (χ4n) is 2.23. The Balaban J connectivity index is 1.92. The molecule has 1 N–H and O–H groups in total. The van der Waals surface area contributed by atoms with E-state index < -0.39 is 11.9 Å². The molecule has 3 rings (SSSR count). The van der Waals surface area contributed by atoms with Crippen molar-refractivity contribution >= 4 is 44.0 Å². The van der Waals surface area contributed by atoms with Crippen molar-refractivity contribution in [1.29, 1.82) is 0 Å². The molecule has 4 nitrogen and oxygen atoms in total. The van der Waals surface area contributed by atoms with E-state index in [4.69, 9.17) is 0 Å². The molecule has 126 valence electrons.